The van der Waals surface area contributed by atoms with E-state index in [9.17, 15) is 8.42 Å². The van der Waals surface area contributed by atoms with Crippen LogP contribution in [0.2, 0.25) is 0 Å². The highest BCUT2D eigenvalue weighted by Gasteiger charge is 2.17. The molecule has 17 heavy (non-hydrogen) atoms. The van der Waals surface area contributed by atoms with Crippen LogP contribution >= 0.6 is 12.4 Å². The molecule has 1 saturated heterocycles. The number of aromatic nitrogens is 2. The SMILES string of the molecule is Cl.O=S(=O)(NCC[C@H]1CCCN1)c1cnc[nH]1. The first-order valence-corrected chi connectivity index (χ1v) is 6.88. The normalized spacial score (nSPS) is 20.1. The minimum absolute atomic E-state index is 0. The lowest BCUT2D eigenvalue weighted by Gasteiger charge is -2.10. The van der Waals surface area contributed by atoms with Gasteiger partial charge in [0.1, 0.15) is 0 Å². The number of sulfonamides is 1. The molecule has 2 rings (SSSR count). The van der Waals surface area contributed by atoms with Gasteiger partial charge in [-0.3, -0.25) is 0 Å². The summed E-state index contributed by atoms with van der Waals surface area (Å²) in [7, 11) is -3.40. The maximum atomic E-state index is 11.7. The van der Waals surface area contributed by atoms with Crippen LogP contribution in [0.15, 0.2) is 17.6 Å². The number of H-pyrrole nitrogens is 1. The number of hydrogen-bond acceptors (Lipinski definition) is 4. The van der Waals surface area contributed by atoms with Gasteiger partial charge in [0.2, 0.25) is 0 Å². The molecule has 0 aromatic carbocycles. The van der Waals surface area contributed by atoms with Gasteiger partial charge in [-0.25, -0.2) is 18.1 Å². The van der Waals surface area contributed by atoms with Gasteiger partial charge in [-0.15, -0.1) is 12.4 Å². The molecular weight excluding hydrogens is 264 g/mol. The van der Waals surface area contributed by atoms with Crippen LogP contribution in [-0.4, -0.2) is 37.5 Å². The lowest BCUT2D eigenvalue weighted by atomic mass is 10.2. The number of hydrogen-bond donors (Lipinski definition) is 3. The highest BCUT2D eigenvalue weighted by molar-refractivity contribution is 7.89. The van der Waals surface area contributed by atoms with Crippen LogP contribution in [0.5, 0.6) is 0 Å². The average molecular weight is 281 g/mol. The summed E-state index contributed by atoms with van der Waals surface area (Å²) in [5.74, 6) is 0. The van der Waals surface area contributed by atoms with Crippen molar-refractivity contribution in [1.29, 1.82) is 0 Å². The van der Waals surface area contributed by atoms with Gasteiger partial charge in [-0.05, 0) is 25.8 Å². The van der Waals surface area contributed by atoms with Crippen molar-refractivity contribution in [1.82, 2.24) is 20.0 Å². The van der Waals surface area contributed by atoms with Crippen LogP contribution in [0.1, 0.15) is 19.3 Å². The molecule has 1 aromatic heterocycles. The summed E-state index contributed by atoms with van der Waals surface area (Å²) >= 11 is 0. The molecule has 1 aliphatic rings. The number of imidazole rings is 1. The monoisotopic (exact) mass is 280 g/mol. The minimum atomic E-state index is -3.40. The van der Waals surface area contributed by atoms with Crippen LogP contribution in [0.3, 0.4) is 0 Å². The van der Waals surface area contributed by atoms with Crippen LogP contribution in [0.25, 0.3) is 0 Å². The number of nitrogens with one attached hydrogen (secondary N) is 3. The van der Waals surface area contributed by atoms with Gasteiger partial charge in [0.15, 0.2) is 5.03 Å². The third-order valence-electron chi connectivity index (χ3n) is 2.71. The second-order valence-electron chi connectivity index (χ2n) is 3.90. The maximum absolute atomic E-state index is 11.7. The van der Waals surface area contributed by atoms with Crippen molar-refractivity contribution >= 4 is 22.4 Å². The summed E-state index contributed by atoms with van der Waals surface area (Å²) in [6, 6.07) is 0.449. The van der Waals surface area contributed by atoms with Gasteiger partial charge < -0.3 is 10.3 Å². The molecular formula is C9H17ClN4O2S. The largest absolute Gasteiger partial charge is 0.335 e. The van der Waals surface area contributed by atoms with Gasteiger partial charge in [0.05, 0.1) is 12.5 Å². The van der Waals surface area contributed by atoms with Crippen molar-refractivity contribution in [3.8, 4) is 0 Å². The van der Waals surface area contributed by atoms with E-state index in [1.54, 1.807) is 0 Å². The Hall–Kier alpha value is -0.630. The van der Waals surface area contributed by atoms with Crippen molar-refractivity contribution in [2.75, 3.05) is 13.1 Å². The zero-order valence-electron chi connectivity index (χ0n) is 9.35. The van der Waals surface area contributed by atoms with Gasteiger partial charge in [0.25, 0.3) is 10.0 Å². The Balaban J connectivity index is 0.00000144. The molecule has 2 heterocycles. The Bertz CT molecular complexity index is 414. The zero-order chi connectivity index (χ0) is 11.4. The molecule has 0 unspecified atom stereocenters. The Labute approximate surface area is 107 Å². The van der Waals surface area contributed by atoms with Crippen LogP contribution in [0, 0.1) is 0 Å². The van der Waals surface area contributed by atoms with Crippen LogP contribution in [0.4, 0.5) is 0 Å². The number of rotatable bonds is 5. The fourth-order valence-electron chi connectivity index (χ4n) is 1.84. The third kappa shape index (κ3) is 3.95. The highest BCUT2D eigenvalue weighted by Crippen LogP contribution is 2.08. The average Bonchev–Trinajstić information content (AvgIpc) is 2.90. The van der Waals surface area contributed by atoms with E-state index in [-0.39, 0.29) is 17.4 Å². The summed E-state index contributed by atoms with van der Waals surface area (Å²) in [6.07, 6.45) is 5.79. The van der Waals surface area contributed by atoms with Gasteiger partial charge in [-0.1, -0.05) is 0 Å². The summed E-state index contributed by atoms with van der Waals surface area (Å²) in [4.78, 5) is 6.27. The first-order chi connectivity index (χ1) is 7.68. The summed E-state index contributed by atoms with van der Waals surface area (Å²) in [6.45, 7) is 1.50. The molecule has 0 radical (unpaired) electrons. The molecule has 1 aliphatic heterocycles. The number of aromatic amines is 1. The quantitative estimate of drug-likeness (QED) is 0.722. The lowest BCUT2D eigenvalue weighted by molar-refractivity contribution is 0.538. The first-order valence-electron chi connectivity index (χ1n) is 5.40. The Morgan fingerprint density at radius 3 is 2.94 bits per heavy atom. The minimum Gasteiger partial charge on any atom is -0.335 e. The van der Waals surface area contributed by atoms with E-state index in [4.69, 9.17) is 0 Å². The molecule has 0 bridgehead atoms. The van der Waals surface area contributed by atoms with Crippen LogP contribution in [-0.2, 0) is 10.0 Å². The molecule has 1 aromatic rings. The highest BCUT2D eigenvalue weighted by atomic mass is 35.5. The zero-order valence-corrected chi connectivity index (χ0v) is 11.0. The van der Waals surface area contributed by atoms with Gasteiger partial charge in [0, 0.05) is 12.6 Å². The van der Waals surface area contributed by atoms with E-state index < -0.39 is 10.0 Å². The third-order valence-corrected chi connectivity index (χ3v) is 4.10. The summed E-state index contributed by atoms with van der Waals surface area (Å²) < 4.78 is 25.9. The van der Waals surface area contributed by atoms with Crippen LogP contribution < -0.4 is 10.0 Å². The standard InChI is InChI=1S/C9H16N4O2S.ClH/c14-16(15,9-6-10-7-12-9)13-5-3-8-2-1-4-11-8;/h6-8,11,13H,1-5H2,(H,10,12);1H/t8-;/m1./s1. The molecule has 1 atom stereocenters. The van der Waals surface area contributed by atoms with E-state index in [1.807, 2.05) is 0 Å². The molecule has 0 aliphatic carbocycles. The molecule has 0 amide bonds. The summed E-state index contributed by atoms with van der Waals surface area (Å²) in [5, 5.41) is 3.44. The molecule has 0 spiro atoms. The van der Waals surface area contributed by atoms with Gasteiger partial charge >= 0.3 is 0 Å². The molecule has 98 valence electrons. The fraction of sp³-hybridized carbons (Fsp3) is 0.667. The smallest absolute Gasteiger partial charge is 0.257 e. The van der Waals surface area contributed by atoms with E-state index in [0.717, 1.165) is 19.4 Å². The lowest BCUT2D eigenvalue weighted by Crippen LogP contribution is -2.30. The molecule has 8 heteroatoms. The van der Waals surface area contributed by atoms with Crippen molar-refractivity contribution in [3.63, 3.8) is 0 Å². The van der Waals surface area contributed by atoms with Gasteiger partial charge in [-0.2, -0.15) is 0 Å². The fourth-order valence-corrected chi connectivity index (χ4v) is 2.79. The topological polar surface area (TPSA) is 86.9 Å². The van der Waals surface area contributed by atoms with Crippen molar-refractivity contribution in [2.24, 2.45) is 0 Å². The predicted octanol–water partition coefficient (Wildman–Crippen LogP) is 0.252. The molecule has 3 N–H and O–H groups in total. The van der Waals surface area contributed by atoms with Crippen molar-refractivity contribution in [2.45, 2.75) is 30.3 Å². The molecule has 1 fully saturated rings. The second kappa shape index (κ2) is 6.34. The predicted molar refractivity (Wildman–Crippen MR) is 66.7 cm³/mol. The van der Waals surface area contributed by atoms with E-state index in [0.29, 0.717) is 12.6 Å². The Kier molecular flexibility index (Phi) is 5.38. The maximum Gasteiger partial charge on any atom is 0.257 e. The summed E-state index contributed by atoms with van der Waals surface area (Å²) in [5.41, 5.74) is 0. The van der Waals surface area contributed by atoms with E-state index in [2.05, 4.69) is 20.0 Å². The number of nitrogens with zero attached hydrogens (tertiary/aromatic N) is 1. The van der Waals surface area contributed by atoms with Crippen molar-refractivity contribution < 1.29 is 8.42 Å². The molecule has 6 nitrogen and oxygen atoms in total. The number of halogens is 1. The van der Waals surface area contributed by atoms with E-state index >= 15 is 0 Å². The van der Waals surface area contributed by atoms with Crippen molar-refractivity contribution in [3.05, 3.63) is 12.5 Å². The van der Waals surface area contributed by atoms with E-state index in [1.165, 1.54) is 18.9 Å². The molecule has 0 saturated carbocycles. The Morgan fingerprint density at radius 1 is 1.53 bits per heavy atom. The second-order valence-corrected chi connectivity index (χ2v) is 5.63. The first kappa shape index (κ1) is 14.4. The Morgan fingerprint density at radius 2 is 2.35 bits per heavy atom.